The van der Waals surface area contributed by atoms with E-state index >= 15 is 0 Å². The fourth-order valence-corrected chi connectivity index (χ4v) is 2.35. The van der Waals surface area contributed by atoms with E-state index in [9.17, 15) is 9.59 Å². The van der Waals surface area contributed by atoms with E-state index < -0.39 is 18.0 Å². The molecule has 0 amide bonds. The maximum absolute atomic E-state index is 12.2. The molecule has 2 aromatic rings. The van der Waals surface area contributed by atoms with E-state index in [2.05, 4.69) is 12.6 Å². The van der Waals surface area contributed by atoms with E-state index in [-0.39, 0.29) is 0 Å². The molecule has 0 radical (unpaired) electrons. The number of benzene rings is 2. The van der Waals surface area contributed by atoms with E-state index in [0.717, 1.165) is 11.1 Å². The van der Waals surface area contributed by atoms with Crippen molar-refractivity contribution in [1.82, 2.24) is 0 Å². The number of esters is 1. The summed E-state index contributed by atoms with van der Waals surface area (Å²) in [7, 11) is 0. The first-order valence-corrected chi connectivity index (χ1v) is 7.69. The Morgan fingerprint density at radius 3 is 2.27 bits per heavy atom. The second kappa shape index (κ2) is 7.80. The normalized spacial score (nSPS) is 13.2. The van der Waals surface area contributed by atoms with Crippen LogP contribution in [0.15, 0.2) is 54.6 Å². The monoisotopic (exact) mass is 314 g/mol. The van der Waals surface area contributed by atoms with Gasteiger partial charge in [0.05, 0.1) is 0 Å². The van der Waals surface area contributed by atoms with Gasteiger partial charge in [-0.1, -0.05) is 54.6 Å². The quantitative estimate of drug-likeness (QED) is 0.383. The maximum Gasteiger partial charge on any atom is 0.321 e. The van der Waals surface area contributed by atoms with Crippen LogP contribution in [0.3, 0.4) is 0 Å². The predicted molar refractivity (Wildman–Crippen MR) is 88.9 cm³/mol. The lowest BCUT2D eigenvalue weighted by Crippen LogP contribution is -2.19. The molecule has 3 nitrogen and oxygen atoms in total. The molecule has 2 atom stereocenters. The number of aldehydes is 1. The summed E-state index contributed by atoms with van der Waals surface area (Å²) >= 11 is 4.18. The summed E-state index contributed by atoms with van der Waals surface area (Å²) in [6.07, 6.45) is 0.225. The van der Waals surface area contributed by atoms with Crippen LogP contribution in [0.25, 0.3) is 0 Å². The second-order valence-electron chi connectivity index (χ2n) is 5.00. The Bertz CT molecular complexity index is 623. The summed E-state index contributed by atoms with van der Waals surface area (Å²) in [4.78, 5) is 23.5. The van der Waals surface area contributed by atoms with Gasteiger partial charge in [-0.25, -0.2) is 0 Å². The highest BCUT2D eigenvalue weighted by Crippen LogP contribution is 2.22. The van der Waals surface area contributed by atoms with Crippen LogP contribution in [0.1, 0.15) is 35.6 Å². The van der Waals surface area contributed by atoms with Crippen LogP contribution in [0.5, 0.6) is 0 Å². The molecule has 0 aliphatic rings. The molecule has 0 aliphatic carbocycles. The Kier molecular flexibility index (Phi) is 5.78. The van der Waals surface area contributed by atoms with Crippen molar-refractivity contribution in [2.24, 2.45) is 0 Å². The molecule has 2 unspecified atom stereocenters. The molecule has 0 heterocycles. The van der Waals surface area contributed by atoms with Gasteiger partial charge >= 0.3 is 5.97 Å². The molecular weight excluding hydrogens is 296 g/mol. The fraction of sp³-hybridized carbons (Fsp3) is 0.222. The van der Waals surface area contributed by atoms with Crippen molar-refractivity contribution in [3.63, 3.8) is 0 Å². The maximum atomic E-state index is 12.2. The third kappa shape index (κ3) is 3.98. The van der Waals surface area contributed by atoms with Gasteiger partial charge in [-0.2, -0.15) is 12.6 Å². The van der Waals surface area contributed by atoms with Gasteiger partial charge in [-0.15, -0.1) is 0 Å². The molecule has 22 heavy (non-hydrogen) atoms. The highest BCUT2D eigenvalue weighted by molar-refractivity contribution is 7.79. The standard InChI is InChI=1S/C18H18O3S/c1-13(15-5-3-2-4-6-15)21-18(20)17(11-19)16-9-7-14(12-22)8-10-16/h2-11,13,17,22H,12H2,1H3. The van der Waals surface area contributed by atoms with Crippen molar-refractivity contribution in [2.45, 2.75) is 24.7 Å². The zero-order valence-corrected chi connectivity index (χ0v) is 13.2. The molecule has 0 saturated heterocycles. The summed E-state index contributed by atoms with van der Waals surface area (Å²) in [6, 6.07) is 16.7. The Morgan fingerprint density at radius 2 is 1.73 bits per heavy atom. The first kappa shape index (κ1) is 16.3. The van der Waals surface area contributed by atoms with Gasteiger partial charge in [0.25, 0.3) is 0 Å². The Hall–Kier alpha value is -2.07. The van der Waals surface area contributed by atoms with Crippen LogP contribution >= 0.6 is 12.6 Å². The summed E-state index contributed by atoms with van der Waals surface area (Å²) < 4.78 is 5.42. The molecule has 2 rings (SSSR count). The number of hydrogen-bond acceptors (Lipinski definition) is 4. The van der Waals surface area contributed by atoms with Crippen LogP contribution in [-0.2, 0) is 20.1 Å². The Morgan fingerprint density at radius 1 is 1.09 bits per heavy atom. The van der Waals surface area contributed by atoms with Gasteiger partial charge in [0.2, 0.25) is 0 Å². The highest BCUT2D eigenvalue weighted by Gasteiger charge is 2.23. The molecule has 0 saturated carbocycles. The van der Waals surface area contributed by atoms with Crippen LogP contribution in [0.2, 0.25) is 0 Å². The second-order valence-corrected chi connectivity index (χ2v) is 5.32. The van der Waals surface area contributed by atoms with Gasteiger partial charge < -0.3 is 9.53 Å². The van der Waals surface area contributed by atoms with Crippen molar-refractivity contribution in [2.75, 3.05) is 0 Å². The van der Waals surface area contributed by atoms with E-state index in [1.165, 1.54) is 0 Å². The number of rotatable bonds is 6. The van der Waals surface area contributed by atoms with Gasteiger partial charge in [-0.3, -0.25) is 4.79 Å². The van der Waals surface area contributed by atoms with Crippen molar-refractivity contribution in [3.8, 4) is 0 Å². The zero-order valence-electron chi connectivity index (χ0n) is 12.3. The average molecular weight is 314 g/mol. The van der Waals surface area contributed by atoms with E-state index in [0.29, 0.717) is 17.6 Å². The molecule has 114 valence electrons. The van der Waals surface area contributed by atoms with E-state index in [4.69, 9.17) is 4.74 Å². The topological polar surface area (TPSA) is 43.4 Å². The van der Waals surface area contributed by atoms with Gasteiger partial charge in [0.15, 0.2) is 0 Å². The average Bonchev–Trinajstić information content (AvgIpc) is 2.57. The van der Waals surface area contributed by atoms with Crippen LogP contribution < -0.4 is 0 Å². The number of carbonyl (C=O) groups is 2. The molecule has 0 N–H and O–H groups in total. The predicted octanol–water partition coefficient (Wildman–Crippen LogP) is 3.70. The number of carbonyl (C=O) groups excluding carboxylic acids is 2. The van der Waals surface area contributed by atoms with Crippen molar-refractivity contribution >= 4 is 24.9 Å². The highest BCUT2D eigenvalue weighted by atomic mass is 32.1. The summed E-state index contributed by atoms with van der Waals surface area (Å²) in [6.45, 7) is 1.79. The number of ether oxygens (including phenoxy) is 1. The minimum Gasteiger partial charge on any atom is -0.457 e. The number of thiol groups is 1. The molecular formula is C18H18O3S. The summed E-state index contributed by atoms with van der Waals surface area (Å²) in [5.74, 6) is -0.827. The molecule has 0 fully saturated rings. The van der Waals surface area contributed by atoms with Crippen molar-refractivity contribution in [1.29, 1.82) is 0 Å². The minimum absolute atomic E-state index is 0.395. The molecule has 4 heteroatoms. The summed E-state index contributed by atoms with van der Waals surface area (Å²) in [5.41, 5.74) is 2.56. The van der Waals surface area contributed by atoms with Gasteiger partial charge in [0, 0.05) is 5.75 Å². The lowest BCUT2D eigenvalue weighted by atomic mass is 9.99. The molecule has 0 spiro atoms. The summed E-state index contributed by atoms with van der Waals surface area (Å²) in [5, 5.41) is 0. The lowest BCUT2D eigenvalue weighted by molar-refractivity contribution is -0.151. The van der Waals surface area contributed by atoms with Crippen LogP contribution in [-0.4, -0.2) is 12.3 Å². The smallest absolute Gasteiger partial charge is 0.321 e. The van der Waals surface area contributed by atoms with Crippen molar-refractivity contribution in [3.05, 3.63) is 71.3 Å². The first-order valence-electron chi connectivity index (χ1n) is 7.06. The van der Waals surface area contributed by atoms with Gasteiger partial charge in [0.1, 0.15) is 18.3 Å². The lowest BCUT2D eigenvalue weighted by Gasteiger charge is -2.17. The van der Waals surface area contributed by atoms with E-state index in [1.807, 2.05) is 42.5 Å². The Labute approximate surface area is 135 Å². The first-order chi connectivity index (χ1) is 10.7. The third-order valence-corrected chi connectivity index (χ3v) is 3.84. The van der Waals surface area contributed by atoms with E-state index in [1.54, 1.807) is 19.1 Å². The van der Waals surface area contributed by atoms with Crippen LogP contribution in [0.4, 0.5) is 0 Å². The third-order valence-electron chi connectivity index (χ3n) is 3.47. The number of hydrogen-bond donors (Lipinski definition) is 1. The SMILES string of the molecule is CC(OC(=O)C(C=O)c1ccc(CS)cc1)c1ccccc1. The zero-order chi connectivity index (χ0) is 15.9. The molecule has 0 aromatic heterocycles. The molecule has 0 bridgehead atoms. The van der Waals surface area contributed by atoms with Gasteiger partial charge in [-0.05, 0) is 23.6 Å². The molecule has 0 aliphatic heterocycles. The Balaban J connectivity index is 2.09. The van der Waals surface area contributed by atoms with Crippen LogP contribution in [0, 0.1) is 0 Å². The minimum atomic E-state index is -0.903. The largest absolute Gasteiger partial charge is 0.457 e. The molecule has 2 aromatic carbocycles. The van der Waals surface area contributed by atoms with Crippen molar-refractivity contribution < 1.29 is 14.3 Å². The fourth-order valence-electron chi connectivity index (χ4n) is 2.14.